The molecule has 31 heavy (non-hydrogen) atoms. The Hall–Kier alpha value is -2.81. The monoisotopic (exact) mass is 426 g/mol. The highest BCUT2D eigenvalue weighted by Crippen LogP contribution is 2.37. The SMILES string of the molecule is CC(=O)N1CC[C@@H](NC2CC(c3nc(-n4nc(C(C)C)c5cccc(F)c54)no3)C2)C1. The molecule has 1 saturated carbocycles. The molecule has 2 fully saturated rings. The van der Waals surface area contributed by atoms with Gasteiger partial charge in [0, 0.05) is 43.4 Å². The third kappa shape index (κ3) is 3.60. The summed E-state index contributed by atoms with van der Waals surface area (Å²) in [5, 5.41) is 13.1. The first-order chi connectivity index (χ1) is 14.9. The van der Waals surface area contributed by atoms with Crippen molar-refractivity contribution in [3.8, 4) is 5.95 Å². The maximum absolute atomic E-state index is 14.6. The number of likely N-dealkylation sites (tertiary alicyclic amines) is 1. The summed E-state index contributed by atoms with van der Waals surface area (Å²) >= 11 is 0. The van der Waals surface area contributed by atoms with Crippen LogP contribution in [0.5, 0.6) is 0 Å². The van der Waals surface area contributed by atoms with E-state index in [1.807, 2.05) is 24.8 Å². The molecule has 8 nitrogen and oxygen atoms in total. The summed E-state index contributed by atoms with van der Waals surface area (Å²) in [6.07, 6.45) is 2.80. The topological polar surface area (TPSA) is 89.1 Å². The van der Waals surface area contributed by atoms with Gasteiger partial charge >= 0.3 is 0 Å². The zero-order valence-corrected chi connectivity index (χ0v) is 18.0. The molecular formula is C22H27FN6O2. The van der Waals surface area contributed by atoms with Gasteiger partial charge in [-0.15, -0.1) is 0 Å². The first-order valence-corrected chi connectivity index (χ1v) is 10.9. The fraction of sp³-hybridized carbons (Fsp3) is 0.545. The van der Waals surface area contributed by atoms with Gasteiger partial charge in [0.2, 0.25) is 11.8 Å². The summed E-state index contributed by atoms with van der Waals surface area (Å²) < 4.78 is 21.6. The molecule has 9 heteroatoms. The van der Waals surface area contributed by atoms with Crippen LogP contribution in [0.15, 0.2) is 22.7 Å². The van der Waals surface area contributed by atoms with Crippen molar-refractivity contribution in [3.05, 3.63) is 35.6 Å². The lowest BCUT2D eigenvalue weighted by molar-refractivity contribution is -0.127. The molecular weight excluding hydrogens is 399 g/mol. The average molecular weight is 426 g/mol. The van der Waals surface area contributed by atoms with E-state index in [0.29, 0.717) is 23.5 Å². The molecule has 3 aromatic rings. The van der Waals surface area contributed by atoms with Crippen molar-refractivity contribution >= 4 is 16.8 Å². The Labute approximate surface area is 179 Å². The molecule has 0 radical (unpaired) electrons. The maximum atomic E-state index is 14.6. The predicted molar refractivity (Wildman–Crippen MR) is 113 cm³/mol. The van der Waals surface area contributed by atoms with Gasteiger partial charge in [-0.05, 0) is 36.4 Å². The van der Waals surface area contributed by atoms with Crippen molar-refractivity contribution in [2.75, 3.05) is 13.1 Å². The van der Waals surface area contributed by atoms with Gasteiger partial charge in [0.15, 0.2) is 0 Å². The highest BCUT2D eigenvalue weighted by atomic mass is 19.1. The Kier molecular flexibility index (Phi) is 5.00. The van der Waals surface area contributed by atoms with Crippen molar-refractivity contribution in [1.82, 2.24) is 30.1 Å². The highest BCUT2D eigenvalue weighted by Gasteiger charge is 2.37. The number of nitrogens with one attached hydrogen (secondary N) is 1. The Morgan fingerprint density at radius 1 is 1.29 bits per heavy atom. The molecule has 1 aliphatic carbocycles. The molecule has 2 aliphatic rings. The number of rotatable bonds is 5. The fourth-order valence-electron chi connectivity index (χ4n) is 4.67. The average Bonchev–Trinajstić information content (AvgIpc) is 3.42. The molecule has 164 valence electrons. The van der Waals surface area contributed by atoms with E-state index in [0.717, 1.165) is 43.4 Å². The summed E-state index contributed by atoms with van der Waals surface area (Å²) in [4.78, 5) is 17.9. The molecule has 0 unspecified atom stereocenters. The van der Waals surface area contributed by atoms with Crippen LogP contribution in [0, 0.1) is 5.82 Å². The second-order valence-corrected chi connectivity index (χ2v) is 9.00. The molecule has 1 atom stereocenters. The number of hydrogen-bond acceptors (Lipinski definition) is 6. The lowest BCUT2D eigenvalue weighted by Crippen LogP contribution is -2.46. The number of amides is 1. The van der Waals surface area contributed by atoms with E-state index in [4.69, 9.17) is 4.52 Å². The number of aromatic nitrogens is 4. The van der Waals surface area contributed by atoms with Crippen LogP contribution in [0.3, 0.4) is 0 Å². The quantitative estimate of drug-likeness (QED) is 0.674. The normalized spacial score (nSPS) is 23.6. The third-order valence-corrected chi connectivity index (χ3v) is 6.44. The Balaban J connectivity index is 1.28. The van der Waals surface area contributed by atoms with Gasteiger partial charge in [0.25, 0.3) is 5.95 Å². The van der Waals surface area contributed by atoms with Gasteiger partial charge < -0.3 is 14.7 Å². The standard InChI is InChI=1S/C22H27FN6O2/c1-12(2)19-17-5-4-6-18(23)20(17)29(26-19)22-25-21(31-27-22)14-9-16(10-14)24-15-7-8-28(11-15)13(3)30/h4-6,12,14-16,24H,7-11H2,1-3H3/t14?,15-,16?/m1/s1. The molecule has 1 aromatic carbocycles. The van der Waals surface area contributed by atoms with E-state index in [9.17, 15) is 9.18 Å². The first kappa shape index (κ1) is 20.1. The van der Waals surface area contributed by atoms with E-state index in [2.05, 4.69) is 20.6 Å². The van der Waals surface area contributed by atoms with E-state index in [1.54, 1.807) is 13.0 Å². The summed E-state index contributed by atoms with van der Waals surface area (Å²) in [7, 11) is 0. The molecule has 5 rings (SSSR count). The minimum atomic E-state index is -0.354. The first-order valence-electron chi connectivity index (χ1n) is 10.9. The van der Waals surface area contributed by atoms with Crippen LogP contribution in [0.4, 0.5) is 4.39 Å². The molecule has 1 saturated heterocycles. The zero-order chi connectivity index (χ0) is 21.7. The van der Waals surface area contributed by atoms with Gasteiger partial charge in [-0.25, -0.2) is 4.39 Å². The molecule has 1 amide bonds. The van der Waals surface area contributed by atoms with E-state index >= 15 is 0 Å². The van der Waals surface area contributed by atoms with Crippen LogP contribution >= 0.6 is 0 Å². The van der Waals surface area contributed by atoms with Crippen molar-refractivity contribution in [2.45, 2.75) is 64.0 Å². The number of halogens is 1. The molecule has 1 N–H and O–H groups in total. The van der Waals surface area contributed by atoms with Gasteiger partial charge in [-0.1, -0.05) is 26.0 Å². The number of carbonyl (C=O) groups is 1. The van der Waals surface area contributed by atoms with Crippen molar-refractivity contribution in [2.24, 2.45) is 0 Å². The van der Waals surface area contributed by atoms with Crippen LogP contribution in [-0.4, -0.2) is 55.9 Å². The minimum absolute atomic E-state index is 0.136. The van der Waals surface area contributed by atoms with Gasteiger partial charge in [0.05, 0.1) is 5.69 Å². The van der Waals surface area contributed by atoms with Gasteiger partial charge in [-0.2, -0.15) is 14.8 Å². The van der Waals surface area contributed by atoms with E-state index < -0.39 is 0 Å². The van der Waals surface area contributed by atoms with Crippen molar-refractivity contribution in [3.63, 3.8) is 0 Å². The number of carbonyl (C=O) groups excluding carboxylic acids is 1. The van der Waals surface area contributed by atoms with Crippen LogP contribution < -0.4 is 5.32 Å². The smallest absolute Gasteiger partial charge is 0.291 e. The summed E-state index contributed by atoms with van der Waals surface area (Å²) in [6.45, 7) is 7.27. The lowest BCUT2D eigenvalue weighted by Gasteiger charge is -2.35. The number of para-hydroxylation sites is 1. The predicted octanol–water partition coefficient (Wildman–Crippen LogP) is 3.13. The van der Waals surface area contributed by atoms with Crippen molar-refractivity contribution in [1.29, 1.82) is 0 Å². The second-order valence-electron chi connectivity index (χ2n) is 9.00. The second kappa shape index (κ2) is 7.71. The third-order valence-electron chi connectivity index (χ3n) is 6.44. The Morgan fingerprint density at radius 2 is 2.10 bits per heavy atom. The molecule has 0 bridgehead atoms. The van der Waals surface area contributed by atoms with Gasteiger partial charge in [-0.3, -0.25) is 4.79 Å². The number of fused-ring (bicyclic) bond motifs is 1. The summed E-state index contributed by atoms with van der Waals surface area (Å²) in [5.41, 5.74) is 1.19. The molecule has 0 spiro atoms. The Bertz CT molecular complexity index is 1120. The largest absolute Gasteiger partial charge is 0.341 e. The highest BCUT2D eigenvalue weighted by molar-refractivity contribution is 5.84. The van der Waals surface area contributed by atoms with Crippen LogP contribution in [0.2, 0.25) is 0 Å². The van der Waals surface area contributed by atoms with E-state index in [1.165, 1.54) is 10.7 Å². The number of hydrogen-bond donors (Lipinski definition) is 1. The maximum Gasteiger partial charge on any atom is 0.291 e. The molecule has 3 heterocycles. The molecule has 2 aromatic heterocycles. The van der Waals surface area contributed by atoms with Crippen LogP contribution in [0.1, 0.15) is 63.5 Å². The lowest BCUT2D eigenvalue weighted by atomic mass is 9.80. The van der Waals surface area contributed by atoms with Gasteiger partial charge in [0.1, 0.15) is 11.3 Å². The summed E-state index contributed by atoms with van der Waals surface area (Å²) in [5.74, 6) is 0.937. The number of nitrogens with zero attached hydrogens (tertiary/aromatic N) is 5. The number of benzene rings is 1. The fourth-order valence-corrected chi connectivity index (χ4v) is 4.67. The van der Waals surface area contributed by atoms with Crippen LogP contribution in [-0.2, 0) is 4.79 Å². The van der Waals surface area contributed by atoms with Crippen molar-refractivity contribution < 1.29 is 13.7 Å². The minimum Gasteiger partial charge on any atom is -0.341 e. The van der Waals surface area contributed by atoms with Crippen LogP contribution in [0.25, 0.3) is 16.9 Å². The Morgan fingerprint density at radius 3 is 2.81 bits per heavy atom. The summed E-state index contributed by atoms with van der Waals surface area (Å²) in [6, 6.07) is 5.72. The van der Waals surface area contributed by atoms with E-state index in [-0.39, 0.29) is 29.5 Å². The zero-order valence-electron chi connectivity index (χ0n) is 18.0. The molecule has 1 aliphatic heterocycles.